The molecular formula is C15H12FN3O. The van der Waals surface area contributed by atoms with E-state index >= 15 is 0 Å². The lowest BCUT2D eigenvalue weighted by molar-refractivity contribution is 0.102. The highest BCUT2D eigenvalue weighted by atomic mass is 19.1. The van der Waals surface area contributed by atoms with Crippen molar-refractivity contribution < 1.29 is 9.18 Å². The van der Waals surface area contributed by atoms with Gasteiger partial charge in [-0.1, -0.05) is 17.7 Å². The van der Waals surface area contributed by atoms with Crippen LogP contribution in [0.1, 0.15) is 15.9 Å². The Kier molecular flexibility index (Phi) is 2.95. The summed E-state index contributed by atoms with van der Waals surface area (Å²) in [7, 11) is 0. The van der Waals surface area contributed by atoms with Crippen molar-refractivity contribution in [2.24, 2.45) is 0 Å². The summed E-state index contributed by atoms with van der Waals surface area (Å²) in [5.41, 5.74) is 2.28. The lowest BCUT2D eigenvalue weighted by Crippen LogP contribution is -2.12. The number of hydrogen-bond acceptors (Lipinski definition) is 2. The first kappa shape index (κ1) is 12.3. The number of benzene rings is 2. The van der Waals surface area contributed by atoms with E-state index in [9.17, 15) is 9.18 Å². The van der Waals surface area contributed by atoms with E-state index in [1.807, 2.05) is 19.1 Å². The molecule has 2 N–H and O–H groups in total. The number of hydrogen-bond donors (Lipinski definition) is 2. The van der Waals surface area contributed by atoms with Gasteiger partial charge < -0.3 is 5.32 Å². The van der Waals surface area contributed by atoms with Crippen LogP contribution in [0, 0.1) is 12.7 Å². The third kappa shape index (κ3) is 2.25. The molecule has 0 aliphatic rings. The van der Waals surface area contributed by atoms with E-state index < -0.39 is 0 Å². The minimum Gasteiger partial charge on any atom is -0.305 e. The van der Waals surface area contributed by atoms with E-state index in [-0.39, 0.29) is 11.7 Å². The summed E-state index contributed by atoms with van der Waals surface area (Å²) in [4.78, 5) is 12.1. The molecule has 20 heavy (non-hydrogen) atoms. The second-order valence-corrected chi connectivity index (χ2v) is 4.58. The number of amides is 1. The predicted octanol–water partition coefficient (Wildman–Crippen LogP) is 3.26. The van der Waals surface area contributed by atoms with Crippen LogP contribution in [0.2, 0.25) is 0 Å². The maximum Gasteiger partial charge on any atom is 0.256 e. The highest BCUT2D eigenvalue weighted by Gasteiger charge is 2.11. The molecule has 1 amide bonds. The van der Waals surface area contributed by atoms with Crippen molar-refractivity contribution in [1.82, 2.24) is 10.2 Å². The monoisotopic (exact) mass is 269 g/mol. The molecule has 1 aromatic heterocycles. The second-order valence-electron chi connectivity index (χ2n) is 4.58. The van der Waals surface area contributed by atoms with E-state index in [1.165, 1.54) is 12.1 Å². The van der Waals surface area contributed by atoms with Gasteiger partial charge in [0.2, 0.25) is 0 Å². The number of carbonyl (C=O) groups excluding carboxylic acids is 1. The largest absolute Gasteiger partial charge is 0.305 e. The smallest absolute Gasteiger partial charge is 0.256 e. The fraction of sp³-hybridized carbons (Fsp3) is 0.0667. The molecule has 0 aliphatic carbocycles. The number of fused-ring (bicyclic) bond motifs is 1. The molecule has 5 heteroatoms. The summed E-state index contributed by atoms with van der Waals surface area (Å²) in [6.45, 7) is 1.95. The molecule has 3 rings (SSSR count). The predicted molar refractivity (Wildman–Crippen MR) is 75.2 cm³/mol. The van der Waals surface area contributed by atoms with E-state index in [0.29, 0.717) is 22.3 Å². The molecule has 0 saturated heterocycles. The zero-order valence-electron chi connectivity index (χ0n) is 10.8. The fourth-order valence-electron chi connectivity index (χ4n) is 1.97. The van der Waals surface area contributed by atoms with E-state index in [1.54, 1.807) is 18.2 Å². The van der Waals surface area contributed by atoms with E-state index in [2.05, 4.69) is 15.5 Å². The van der Waals surface area contributed by atoms with Gasteiger partial charge in [0.15, 0.2) is 5.82 Å². The first-order valence-electron chi connectivity index (χ1n) is 6.15. The van der Waals surface area contributed by atoms with E-state index in [0.717, 1.165) is 5.56 Å². The topological polar surface area (TPSA) is 57.8 Å². The SMILES string of the molecule is Cc1ccc(C(=O)Nc2n[nH]c3ccc(F)cc23)cc1. The number of rotatable bonds is 2. The van der Waals surface area contributed by atoms with Gasteiger partial charge in [-0.25, -0.2) is 4.39 Å². The van der Waals surface area contributed by atoms with Gasteiger partial charge in [0.25, 0.3) is 5.91 Å². The van der Waals surface area contributed by atoms with Gasteiger partial charge in [0.05, 0.1) is 5.52 Å². The van der Waals surface area contributed by atoms with Crippen molar-refractivity contribution in [2.45, 2.75) is 6.92 Å². The first-order valence-corrected chi connectivity index (χ1v) is 6.15. The van der Waals surface area contributed by atoms with Gasteiger partial charge in [0.1, 0.15) is 5.82 Å². The molecular weight excluding hydrogens is 257 g/mol. The van der Waals surface area contributed by atoms with Crippen LogP contribution >= 0.6 is 0 Å². The lowest BCUT2D eigenvalue weighted by atomic mass is 10.1. The number of nitrogens with one attached hydrogen (secondary N) is 2. The van der Waals surface area contributed by atoms with Crippen molar-refractivity contribution in [2.75, 3.05) is 5.32 Å². The molecule has 1 heterocycles. The summed E-state index contributed by atoms with van der Waals surface area (Å²) in [5.74, 6) is -0.322. The van der Waals surface area contributed by atoms with Crippen LogP contribution in [0.4, 0.5) is 10.2 Å². The third-order valence-corrected chi connectivity index (χ3v) is 3.07. The van der Waals surface area contributed by atoms with Crippen LogP contribution in [0.3, 0.4) is 0 Å². The number of H-pyrrole nitrogens is 1. The van der Waals surface area contributed by atoms with Gasteiger partial charge in [-0.05, 0) is 37.3 Å². The minimum absolute atomic E-state index is 0.275. The van der Waals surface area contributed by atoms with Crippen LogP contribution in [0.5, 0.6) is 0 Å². The quantitative estimate of drug-likeness (QED) is 0.750. The number of nitrogens with zero attached hydrogens (tertiary/aromatic N) is 1. The van der Waals surface area contributed by atoms with Crippen LogP contribution < -0.4 is 5.32 Å². The summed E-state index contributed by atoms with van der Waals surface area (Å²) in [5, 5.41) is 9.97. The van der Waals surface area contributed by atoms with Crippen molar-refractivity contribution in [3.05, 3.63) is 59.4 Å². The van der Waals surface area contributed by atoms with Crippen LogP contribution in [0.25, 0.3) is 10.9 Å². The Morgan fingerprint density at radius 3 is 2.70 bits per heavy atom. The summed E-state index contributed by atoms with van der Waals surface area (Å²) in [6, 6.07) is 11.4. The molecule has 100 valence electrons. The maximum absolute atomic E-state index is 13.2. The van der Waals surface area contributed by atoms with Gasteiger partial charge in [-0.15, -0.1) is 0 Å². The van der Waals surface area contributed by atoms with Crippen molar-refractivity contribution in [3.8, 4) is 0 Å². The van der Waals surface area contributed by atoms with Gasteiger partial charge >= 0.3 is 0 Å². The Morgan fingerprint density at radius 1 is 1.20 bits per heavy atom. The Labute approximate surface area is 114 Å². The zero-order chi connectivity index (χ0) is 14.1. The molecule has 0 saturated carbocycles. The number of anilines is 1. The molecule has 0 unspecified atom stereocenters. The molecule has 0 spiro atoms. The van der Waals surface area contributed by atoms with Gasteiger partial charge in [0, 0.05) is 10.9 Å². The molecule has 0 atom stereocenters. The summed E-state index contributed by atoms with van der Waals surface area (Å²) >= 11 is 0. The van der Waals surface area contributed by atoms with Crippen LogP contribution in [-0.2, 0) is 0 Å². The molecule has 0 bridgehead atoms. The minimum atomic E-state index is -0.371. The average Bonchev–Trinajstić information content (AvgIpc) is 2.82. The number of halogens is 1. The van der Waals surface area contributed by atoms with E-state index in [4.69, 9.17) is 0 Å². The van der Waals surface area contributed by atoms with Crippen LogP contribution in [-0.4, -0.2) is 16.1 Å². The molecule has 0 fully saturated rings. The molecule has 3 aromatic rings. The Balaban J connectivity index is 1.91. The summed E-state index contributed by atoms with van der Waals surface area (Å²) in [6.07, 6.45) is 0. The molecule has 0 radical (unpaired) electrons. The molecule has 4 nitrogen and oxygen atoms in total. The van der Waals surface area contributed by atoms with Crippen LogP contribution in [0.15, 0.2) is 42.5 Å². The molecule has 2 aromatic carbocycles. The number of carbonyl (C=O) groups is 1. The molecule has 0 aliphatic heterocycles. The first-order chi connectivity index (χ1) is 9.63. The van der Waals surface area contributed by atoms with Gasteiger partial charge in [-0.2, -0.15) is 5.10 Å². The third-order valence-electron chi connectivity index (χ3n) is 3.07. The van der Waals surface area contributed by atoms with Crippen molar-refractivity contribution in [3.63, 3.8) is 0 Å². The van der Waals surface area contributed by atoms with Crippen molar-refractivity contribution >= 4 is 22.6 Å². The Bertz CT molecular complexity index is 777. The normalized spacial score (nSPS) is 10.7. The summed E-state index contributed by atoms with van der Waals surface area (Å²) < 4.78 is 13.2. The fourth-order valence-corrected chi connectivity index (χ4v) is 1.97. The zero-order valence-corrected chi connectivity index (χ0v) is 10.8. The highest BCUT2D eigenvalue weighted by Crippen LogP contribution is 2.21. The number of aryl methyl sites for hydroxylation is 1. The van der Waals surface area contributed by atoms with Gasteiger partial charge in [-0.3, -0.25) is 9.89 Å². The second kappa shape index (κ2) is 4.77. The average molecular weight is 269 g/mol. The standard InChI is InChI=1S/C15H12FN3O/c1-9-2-4-10(5-3-9)15(20)17-14-12-8-11(16)6-7-13(12)18-19-14/h2-8H,1H3,(H2,17,18,19,20). The number of aromatic nitrogens is 2. The maximum atomic E-state index is 13.2. The highest BCUT2D eigenvalue weighted by molar-refractivity contribution is 6.07. The number of aromatic amines is 1. The Hall–Kier alpha value is -2.69. The van der Waals surface area contributed by atoms with Crippen molar-refractivity contribution in [1.29, 1.82) is 0 Å². The Morgan fingerprint density at radius 2 is 1.95 bits per heavy atom. The lowest BCUT2D eigenvalue weighted by Gasteiger charge is -2.03.